The molecule has 194 valence electrons. The summed E-state index contributed by atoms with van der Waals surface area (Å²) in [6.07, 6.45) is -2.86. The molecule has 0 radical (unpaired) electrons. The average molecular weight is 524 g/mol. The standard InChI is InChI=1S/C25H28F3N3O4S/c1-16-23(17-5-3-2-4-6-17)31(15-22(32)29-16)24(33)18-7-11-20(12-8-18)30-36(34,35)21-13-9-19(10-14-21)25(26,27)28/h2-6,9-10,13-14,16,18,20,23,30H,7-8,11-12,15H2,1H3,(H,29,32)/t16?,18-,20-,23?. The van der Waals surface area contributed by atoms with Gasteiger partial charge >= 0.3 is 6.18 Å². The van der Waals surface area contributed by atoms with Crippen LogP contribution in [0.3, 0.4) is 0 Å². The van der Waals surface area contributed by atoms with Gasteiger partial charge in [0.2, 0.25) is 21.8 Å². The lowest BCUT2D eigenvalue weighted by atomic mass is 9.84. The van der Waals surface area contributed by atoms with Gasteiger partial charge in [0.15, 0.2) is 0 Å². The average Bonchev–Trinajstić information content (AvgIpc) is 2.83. The van der Waals surface area contributed by atoms with Crippen LogP contribution < -0.4 is 10.0 Å². The molecular weight excluding hydrogens is 495 g/mol. The smallest absolute Gasteiger partial charge is 0.350 e. The molecule has 0 bridgehead atoms. The number of benzene rings is 2. The fraction of sp³-hybridized carbons (Fsp3) is 0.440. The topological polar surface area (TPSA) is 95.6 Å². The van der Waals surface area contributed by atoms with Gasteiger partial charge in [-0.25, -0.2) is 13.1 Å². The van der Waals surface area contributed by atoms with Crippen molar-refractivity contribution in [3.8, 4) is 0 Å². The highest BCUT2D eigenvalue weighted by Crippen LogP contribution is 2.34. The first-order valence-electron chi connectivity index (χ1n) is 11.8. The van der Waals surface area contributed by atoms with Crippen molar-refractivity contribution in [2.24, 2.45) is 5.92 Å². The van der Waals surface area contributed by atoms with Gasteiger partial charge in [-0.05, 0) is 62.4 Å². The minimum atomic E-state index is -4.55. The number of rotatable bonds is 5. The molecule has 4 rings (SSSR count). The summed E-state index contributed by atoms with van der Waals surface area (Å²) in [6, 6.07) is 11.9. The molecule has 7 nitrogen and oxygen atoms in total. The number of carbonyl (C=O) groups excluding carboxylic acids is 2. The second-order valence-electron chi connectivity index (χ2n) is 9.37. The lowest BCUT2D eigenvalue weighted by Gasteiger charge is -2.42. The van der Waals surface area contributed by atoms with Crippen LogP contribution in [-0.4, -0.2) is 43.8 Å². The Hall–Kier alpha value is -2.92. The van der Waals surface area contributed by atoms with E-state index in [4.69, 9.17) is 0 Å². The molecule has 1 heterocycles. The van der Waals surface area contributed by atoms with Crippen molar-refractivity contribution in [2.75, 3.05) is 6.54 Å². The van der Waals surface area contributed by atoms with Crippen molar-refractivity contribution >= 4 is 21.8 Å². The zero-order valence-electron chi connectivity index (χ0n) is 19.7. The van der Waals surface area contributed by atoms with Crippen LogP contribution in [0.25, 0.3) is 0 Å². The van der Waals surface area contributed by atoms with E-state index in [0.29, 0.717) is 25.7 Å². The zero-order valence-corrected chi connectivity index (χ0v) is 20.5. The van der Waals surface area contributed by atoms with E-state index in [1.165, 1.54) is 0 Å². The summed E-state index contributed by atoms with van der Waals surface area (Å²) in [5.41, 5.74) is 0.00586. The van der Waals surface area contributed by atoms with Crippen LogP contribution in [0.1, 0.15) is 49.8 Å². The zero-order chi connectivity index (χ0) is 26.1. The van der Waals surface area contributed by atoms with Crippen molar-refractivity contribution in [1.82, 2.24) is 14.9 Å². The highest BCUT2D eigenvalue weighted by atomic mass is 32.2. The number of carbonyl (C=O) groups is 2. The predicted octanol–water partition coefficient (Wildman–Crippen LogP) is 3.63. The highest BCUT2D eigenvalue weighted by Gasteiger charge is 2.40. The van der Waals surface area contributed by atoms with Crippen LogP contribution in [-0.2, 0) is 25.8 Å². The van der Waals surface area contributed by atoms with E-state index in [-0.39, 0.29) is 41.3 Å². The maximum absolute atomic E-state index is 13.5. The van der Waals surface area contributed by atoms with Gasteiger partial charge in [-0.2, -0.15) is 13.2 Å². The number of nitrogens with one attached hydrogen (secondary N) is 2. The Bertz CT molecular complexity index is 1200. The van der Waals surface area contributed by atoms with Crippen molar-refractivity contribution in [3.05, 3.63) is 65.7 Å². The van der Waals surface area contributed by atoms with Gasteiger partial charge in [0.05, 0.1) is 22.5 Å². The molecule has 1 aliphatic heterocycles. The maximum Gasteiger partial charge on any atom is 0.416 e. The third kappa shape index (κ3) is 5.73. The fourth-order valence-corrected chi connectivity index (χ4v) is 6.34. The first kappa shape index (κ1) is 26.2. The van der Waals surface area contributed by atoms with E-state index in [0.717, 1.165) is 29.8 Å². The van der Waals surface area contributed by atoms with Gasteiger partial charge in [-0.1, -0.05) is 30.3 Å². The lowest BCUT2D eigenvalue weighted by molar-refractivity contribution is -0.147. The van der Waals surface area contributed by atoms with Crippen molar-refractivity contribution < 1.29 is 31.2 Å². The summed E-state index contributed by atoms with van der Waals surface area (Å²) >= 11 is 0. The second kappa shape index (κ2) is 10.2. The van der Waals surface area contributed by atoms with Crippen LogP contribution >= 0.6 is 0 Å². The largest absolute Gasteiger partial charge is 0.416 e. The molecule has 1 aliphatic carbocycles. The summed E-state index contributed by atoms with van der Waals surface area (Å²) in [7, 11) is -4.01. The number of amides is 2. The van der Waals surface area contributed by atoms with Gasteiger partial charge in [-0.15, -0.1) is 0 Å². The van der Waals surface area contributed by atoms with E-state index in [1.807, 2.05) is 37.3 Å². The van der Waals surface area contributed by atoms with Crippen molar-refractivity contribution in [3.63, 3.8) is 0 Å². The molecule has 0 spiro atoms. The number of hydrogen-bond donors (Lipinski definition) is 2. The minimum absolute atomic E-state index is 0.0385. The molecule has 2 N–H and O–H groups in total. The van der Waals surface area contributed by atoms with Crippen LogP contribution in [0.5, 0.6) is 0 Å². The number of hydrogen-bond acceptors (Lipinski definition) is 4. The summed E-state index contributed by atoms with van der Waals surface area (Å²) in [5.74, 6) is -0.697. The molecule has 0 aromatic heterocycles. The number of piperazine rings is 1. The quantitative estimate of drug-likeness (QED) is 0.626. The Balaban J connectivity index is 1.40. The van der Waals surface area contributed by atoms with Gasteiger partial charge in [-0.3, -0.25) is 9.59 Å². The molecule has 2 aliphatic rings. The van der Waals surface area contributed by atoms with Gasteiger partial charge in [0.1, 0.15) is 6.54 Å². The van der Waals surface area contributed by atoms with E-state index < -0.39 is 27.8 Å². The van der Waals surface area contributed by atoms with E-state index in [1.54, 1.807) is 4.90 Å². The maximum atomic E-state index is 13.5. The Morgan fingerprint density at radius 2 is 1.61 bits per heavy atom. The van der Waals surface area contributed by atoms with E-state index in [9.17, 15) is 31.2 Å². The van der Waals surface area contributed by atoms with Gasteiger partial charge in [0, 0.05) is 12.0 Å². The SMILES string of the molecule is CC1NC(=O)CN(C(=O)[C@H]2CC[C@H](NS(=O)(=O)c3ccc(C(F)(F)F)cc3)CC2)C1c1ccccc1. The summed E-state index contributed by atoms with van der Waals surface area (Å²) in [4.78, 5) is 27.1. The summed E-state index contributed by atoms with van der Waals surface area (Å²) in [5, 5.41) is 2.90. The Morgan fingerprint density at radius 1 is 1.00 bits per heavy atom. The van der Waals surface area contributed by atoms with E-state index >= 15 is 0 Å². The molecule has 36 heavy (non-hydrogen) atoms. The molecule has 2 unspecified atom stereocenters. The molecule has 2 atom stereocenters. The normalized spacial score (nSPS) is 25.3. The predicted molar refractivity (Wildman–Crippen MR) is 126 cm³/mol. The van der Waals surface area contributed by atoms with Crippen LogP contribution in [0, 0.1) is 5.92 Å². The Morgan fingerprint density at radius 3 is 2.19 bits per heavy atom. The third-order valence-corrected chi connectivity index (χ3v) is 8.36. The molecule has 1 saturated heterocycles. The molecule has 2 amide bonds. The van der Waals surface area contributed by atoms with Crippen LogP contribution in [0.4, 0.5) is 13.2 Å². The molecule has 2 aromatic carbocycles. The minimum Gasteiger partial charge on any atom is -0.350 e. The first-order valence-corrected chi connectivity index (χ1v) is 13.3. The molecule has 11 heteroatoms. The Kier molecular flexibility index (Phi) is 7.42. The molecule has 2 aromatic rings. The van der Waals surface area contributed by atoms with Crippen molar-refractivity contribution in [1.29, 1.82) is 0 Å². The fourth-order valence-electron chi connectivity index (χ4n) is 5.04. The first-order chi connectivity index (χ1) is 17.0. The number of alkyl halides is 3. The number of nitrogens with zero attached hydrogens (tertiary/aromatic N) is 1. The van der Waals surface area contributed by atoms with Crippen molar-refractivity contribution in [2.45, 2.75) is 61.8 Å². The van der Waals surface area contributed by atoms with Crippen LogP contribution in [0.15, 0.2) is 59.5 Å². The summed E-state index contributed by atoms with van der Waals surface area (Å²) < 4.78 is 66.2. The van der Waals surface area contributed by atoms with Gasteiger partial charge in [0.25, 0.3) is 0 Å². The second-order valence-corrected chi connectivity index (χ2v) is 11.1. The number of halogens is 3. The van der Waals surface area contributed by atoms with Crippen LogP contribution in [0.2, 0.25) is 0 Å². The Labute approximate surface area is 208 Å². The third-order valence-electron chi connectivity index (χ3n) is 6.83. The number of sulfonamides is 1. The summed E-state index contributed by atoms with van der Waals surface area (Å²) in [6.45, 7) is 1.82. The monoisotopic (exact) mass is 523 g/mol. The molecular formula is C25H28F3N3O4S. The molecule has 1 saturated carbocycles. The van der Waals surface area contributed by atoms with E-state index in [2.05, 4.69) is 10.0 Å². The highest BCUT2D eigenvalue weighted by molar-refractivity contribution is 7.89. The van der Waals surface area contributed by atoms with Gasteiger partial charge < -0.3 is 10.2 Å². The molecule has 2 fully saturated rings. The lowest BCUT2D eigenvalue weighted by Crippen LogP contribution is -2.57.